The molecule has 1 aromatic heterocycles. The van der Waals surface area contributed by atoms with Gasteiger partial charge in [-0.05, 0) is 56.2 Å². The molecule has 0 fully saturated rings. The predicted molar refractivity (Wildman–Crippen MR) is 265 cm³/mol. The van der Waals surface area contributed by atoms with Crippen LogP contribution in [0.4, 0.5) is 11.4 Å². The van der Waals surface area contributed by atoms with Crippen LogP contribution < -0.4 is 10.6 Å². The molecule has 4 aromatic rings. The first-order valence-electron chi connectivity index (χ1n) is 25.6. The lowest BCUT2D eigenvalue weighted by Crippen LogP contribution is -2.53. The number of hydrogen-bond donors (Lipinski definition) is 3. The molecule has 9 nitrogen and oxygen atoms in total. The summed E-state index contributed by atoms with van der Waals surface area (Å²) in [7, 11) is 0. The summed E-state index contributed by atoms with van der Waals surface area (Å²) in [6.07, 6.45) is 33.8. The van der Waals surface area contributed by atoms with Crippen LogP contribution in [0.15, 0.2) is 78.9 Å². The zero-order valence-electron chi connectivity index (χ0n) is 39.8. The molecule has 0 saturated heterocycles. The number of rotatable bonds is 33. The standard InChI is InChI=1S/C55H81N5O4/c1-4-6-8-10-12-14-16-17-18-20-21-23-25-28-34-44(3)64-52-43-51(47-37-32-33-38-48(47)55(52,63)54(62)57-45-35-29-27-30-36-45)60-50-41-40-46(42-49(50)58-59-60)56-53(61)39-31-26-24-22-19-15-13-11-9-7-5-2/h27,29-30,32-33,35-38,40-44,52,63H,4-26,28,31,34,39H2,1-3H3,(H,56,61)(H,57,62). The Morgan fingerprint density at radius 3 is 1.78 bits per heavy atom. The molecule has 3 unspecified atom stereocenters. The lowest BCUT2D eigenvalue weighted by molar-refractivity contribution is -0.156. The third-order valence-electron chi connectivity index (χ3n) is 13.0. The van der Waals surface area contributed by atoms with E-state index in [0.29, 0.717) is 40.1 Å². The van der Waals surface area contributed by atoms with Crippen LogP contribution in [0.25, 0.3) is 16.7 Å². The van der Waals surface area contributed by atoms with E-state index in [1.54, 1.807) is 10.7 Å². The Hall–Kier alpha value is -4.34. The summed E-state index contributed by atoms with van der Waals surface area (Å²) < 4.78 is 8.47. The third kappa shape index (κ3) is 16.0. The van der Waals surface area contributed by atoms with Gasteiger partial charge in [-0.15, -0.1) is 5.10 Å². The Morgan fingerprint density at radius 1 is 0.656 bits per heavy atom. The number of nitrogens with zero attached hydrogens (tertiary/aromatic N) is 3. The number of fused-ring (bicyclic) bond motifs is 2. The molecule has 5 rings (SSSR count). The Bertz CT molecular complexity index is 1980. The fraction of sp³-hybridized carbons (Fsp3) is 0.600. The number of benzene rings is 3. The summed E-state index contributed by atoms with van der Waals surface area (Å²) >= 11 is 0. The number of amides is 2. The summed E-state index contributed by atoms with van der Waals surface area (Å²) in [5, 5.41) is 27.8. The van der Waals surface area contributed by atoms with Gasteiger partial charge in [-0.1, -0.05) is 216 Å². The number of ether oxygens (including phenoxy) is 1. The quantitative estimate of drug-likeness (QED) is 0.0410. The number of anilines is 2. The van der Waals surface area contributed by atoms with Crippen molar-refractivity contribution in [3.05, 3.63) is 90.0 Å². The first-order chi connectivity index (χ1) is 31.3. The van der Waals surface area contributed by atoms with Crippen LogP contribution in [0, 0.1) is 0 Å². The van der Waals surface area contributed by atoms with E-state index in [2.05, 4.69) is 34.8 Å². The van der Waals surface area contributed by atoms with Gasteiger partial charge in [0.15, 0.2) is 5.60 Å². The second-order valence-electron chi connectivity index (χ2n) is 18.5. The average Bonchev–Trinajstić information content (AvgIpc) is 3.72. The van der Waals surface area contributed by atoms with Gasteiger partial charge < -0.3 is 20.5 Å². The molecular weight excluding hydrogens is 795 g/mol. The average molecular weight is 876 g/mol. The summed E-state index contributed by atoms with van der Waals surface area (Å²) in [5.41, 5.74) is 2.35. The van der Waals surface area contributed by atoms with E-state index in [0.717, 1.165) is 37.6 Å². The number of para-hydroxylation sites is 1. The first-order valence-corrected chi connectivity index (χ1v) is 25.6. The highest BCUT2D eigenvalue weighted by Crippen LogP contribution is 2.42. The molecule has 9 heteroatoms. The van der Waals surface area contributed by atoms with Crippen LogP contribution in [0.1, 0.15) is 205 Å². The van der Waals surface area contributed by atoms with Gasteiger partial charge in [0.2, 0.25) is 5.91 Å². The molecule has 2 amide bonds. The van der Waals surface area contributed by atoms with Gasteiger partial charge in [0, 0.05) is 28.9 Å². The fourth-order valence-electron chi connectivity index (χ4n) is 9.17. The molecule has 0 spiro atoms. The van der Waals surface area contributed by atoms with E-state index in [4.69, 9.17) is 4.74 Å². The van der Waals surface area contributed by atoms with Crippen LogP contribution in [-0.4, -0.2) is 44.1 Å². The lowest BCUT2D eigenvalue weighted by Gasteiger charge is -2.39. The molecular formula is C55H81N5O4. The molecule has 350 valence electrons. The molecule has 1 heterocycles. The summed E-state index contributed by atoms with van der Waals surface area (Å²) in [4.78, 5) is 27.2. The summed E-state index contributed by atoms with van der Waals surface area (Å²) in [6.45, 7) is 6.56. The van der Waals surface area contributed by atoms with Crippen molar-refractivity contribution >= 4 is 39.9 Å². The Morgan fingerprint density at radius 2 is 1.19 bits per heavy atom. The van der Waals surface area contributed by atoms with E-state index in [9.17, 15) is 14.7 Å². The van der Waals surface area contributed by atoms with Crippen molar-refractivity contribution < 1.29 is 19.4 Å². The van der Waals surface area contributed by atoms with Crippen LogP contribution in [0.3, 0.4) is 0 Å². The van der Waals surface area contributed by atoms with Crippen molar-refractivity contribution in [1.82, 2.24) is 15.0 Å². The first kappa shape index (κ1) is 50.7. The Labute approximate surface area is 385 Å². The third-order valence-corrected chi connectivity index (χ3v) is 13.0. The zero-order chi connectivity index (χ0) is 45.2. The van der Waals surface area contributed by atoms with Gasteiger partial charge >= 0.3 is 0 Å². The summed E-state index contributed by atoms with van der Waals surface area (Å²) in [6, 6.07) is 22.3. The number of carbonyl (C=O) groups is 2. The Balaban J connectivity index is 1.19. The second kappa shape index (κ2) is 28.5. The van der Waals surface area contributed by atoms with Gasteiger partial charge in [-0.25, -0.2) is 4.68 Å². The molecule has 0 aliphatic heterocycles. The highest BCUT2D eigenvalue weighted by atomic mass is 16.5. The smallest absolute Gasteiger partial charge is 0.264 e. The maximum Gasteiger partial charge on any atom is 0.264 e. The number of hydrogen-bond acceptors (Lipinski definition) is 6. The van der Waals surface area contributed by atoms with Crippen molar-refractivity contribution in [2.24, 2.45) is 0 Å². The number of aliphatic hydroxyl groups is 1. The van der Waals surface area contributed by atoms with Gasteiger partial charge in [-0.3, -0.25) is 9.59 Å². The predicted octanol–water partition coefficient (Wildman–Crippen LogP) is 14.4. The van der Waals surface area contributed by atoms with E-state index in [1.807, 2.05) is 79.7 Å². The molecule has 3 N–H and O–H groups in total. The zero-order valence-corrected chi connectivity index (χ0v) is 39.8. The molecule has 3 atom stereocenters. The number of carbonyl (C=O) groups excluding carboxylic acids is 2. The Kier molecular flexibility index (Phi) is 22.6. The summed E-state index contributed by atoms with van der Waals surface area (Å²) in [5.74, 6) is -0.560. The monoisotopic (exact) mass is 876 g/mol. The lowest BCUT2D eigenvalue weighted by atomic mass is 9.78. The molecule has 3 aromatic carbocycles. The highest BCUT2D eigenvalue weighted by molar-refractivity contribution is 6.01. The normalized spacial score (nSPS) is 16.4. The molecule has 64 heavy (non-hydrogen) atoms. The van der Waals surface area contributed by atoms with Crippen molar-refractivity contribution in [2.45, 2.75) is 212 Å². The van der Waals surface area contributed by atoms with Gasteiger partial charge in [0.1, 0.15) is 11.6 Å². The van der Waals surface area contributed by atoms with Crippen LogP contribution >= 0.6 is 0 Å². The minimum Gasteiger partial charge on any atom is -0.373 e. The van der Waals surface area contributed by atoms with E-state index >= 15 is 0 Å². The maximum atomic E-state index is 14.3. The van der Waals surface area contributed by atoms with Gasteiger partial charge in [-0.2, -0.15) is 0 Å². The molecule has 1 aliphatic rings. The molecule has 0 bridgehead atoms. The number of nitrogens with one attached hydrogen (secondary N) is 2. The maximum absolute atomic E-state index is 14.3. The molecule has 0 radical (unpaired) electrons. The van der Waals surface area contributed by atoms with Crippen LogP contribution in [0.5, 0.6) is 0 Å². The highest BCUT2D eigenvalue weighted by Gasteiger charge is 2.51. The van der Waals surface area contributed by atoms with Crippen molar-refractivity contribution in [3.8, 4) is 0 Å². The van der Waals surface area contributed by atoms with Crippen molar-refractivity contribution in [3.63, 3.8) is 0 Å². The topological polar surface area (TPSA) is 118 Å². The van der Waals surface area contributed by atoms with Crippen LogP contribution in [0.2, 0.25) is 0 Å². The minimum atomic E-state index is -2.03. The van der Waals surface area contributed by atoms with Gasteiger partial charge in [0.05, 0.1) is 17.3 Å². The SMILES string of the molecule is CCCCCCCCCCCCCCCCC(C)OC1C=C(n2nnc3cc(NC(=O)CCCCCCCCCCCCC)ccc32)c2ccccc2C1(O)C(=O)Nc1ccccc1. The van der Waals surface area contributed by atoms with Crippen molar-refractivity contribution in [1.29, 1.82) is 0 Å². The number of aromatic nitrogens is 3. The fourth-order valence-corrected chi connectivity index (χ4v) is 9.17. The second-order valence-corrected chi connectivity index (χ2v) is 18.5. The van der Waals surface area contributed by atoms with E-state index in [1.165, 1.54) is 135 Å². The molecule has 0 saturated carbocycles. The minimum absolute atomic E-state index is 0.00263. The van der Waals surface area contributed by atoms with Gasteiger partial charge in [0.25, 0.3) is 5.91 Å². The van der Waals surface area contributed by atoms with Crippen LogP contribution in [-0.2, 0) is 19.9 Å². The number of unbranched alkanes of at least 4 members (excludes halogenated alkanes) is 23. The van der Waals surface area contributed by atoms with E-state index in [-0.39, 0.29) is 12.0 Å². The largest absolute Gasteiger partial charge is 0.373 e. The molecule has 1 aliphatic carbocycles. The van der Waals surface area contributed by atoms with Crippen molar-refractivity contribution in [2.75, 3.05) is 10.6 Å². The van der Waals surface area contributed by atoms with E-state index < -0.39 is 17.6 Å².